The van der Waals surface area contributed by atoms with Crippen LogP contribution in [0.15, 0.2) is 24.3 Å². The molecular weight excluding hydrogens is 252 g/mol. The summed E-state index contributed by atoms with van der Waals surface area (Å²) >= 11 is 0. The van der Waals surface area contributed by atoms with E-state index in [1.807, 2.05) is 26.0 Å². The molecular formula is C16H26N2O2. The molecule has 0 radical (unpaired) electrons. The van der Waals surface area contributed by atoms with Gasteiger partial charge in [-0.25, -0.2) is 0 Å². The van der Waals surface area contributed by atoms with Gasteiger partial charge in [0.25, 0.3) is 0 Å². The SMILES string of the molecule is CC(CCc1ccc(O)cc1)NCCNC(=O)C(C)C. The summed E-state index contributed by atoms with van der Waals surface area (Å²) in [6.07, 6.45) is 2.01. The number of nitrogens with one attached hydrogen (secondary N) is 2. The lowest BCUT2D eigenvalue weighted by Gasteiger charge is -2.14. The highest BCUT2D eigenvalue weighted by Gasteiger charge is 2.06. The van der Waals surface area contributed by atoms with E-state index in [-0.39, 0.29) is 11.8 Å². The zero-order valence-electron chi connectivity index (χ0n) is 12.6. The Bertz CT molecular complexity index is 401. The molecule has 20 heavy (non-hydrogen) atoms. The first-order chi connectivity index (χ1) is 9.49. The van der Waals surface area contributed by atoms with Crippen LogP contribution in [0.3, 0.4) is 0 Å². The first kappa shape index (κ1) is 16.5. The molecule has 0 aliphatic heterocycles. The van der Waals surface area contributed by atoms with E-state index < -0.39 is 0 Å². The predicted molar refractivity (Wildman–Crippen MR) is 81.7 cm³/mol. The molecule has 1 atom stereocenters. The van der Waals surface area contributed by atoms with Gasteiger partial charge in [0.2, 0.25) is 5.91 Å². The molecule has 1 unspecified atom stereocenters. The Balaban J connectivity index is 2.13. The Hall–Kier alpha value is -1.55. The zero-order chi connectivity index (χ0) is 15.0. The Morgan fingerprint density at radius 3 is 2.40 bits per heavy atom. The molecule has 0 saturated carbocycles. The molecule has 3 N–H and O–H groups in total. The van der Waals surface area contributed by atoms with Crippen molar-refractivity contribution in [2.45, 2.75) is 39.7 Å². The number of phenolic OH excluding ortho intramolecular Hbond substituents is 1. The number of carbonyl (C=O) groups excluding carboxylic acids is 1. The van der Waals surface area contributed by atoms with Crippen LogP contribution in [-0.4, -0.2) is 30.1 Å². The van der Waals surface area contributed by atoms with Crippen LogP contribution in [0.5, 0.6) is 5.75 Å². The molecule has 4 nitrogen and oxygen atoms in total. The second-order valence-corrected chi connectivity index (χ2v) is 5.51. The van der Waals surface area contributed by atoms with Crippen LogP contribution in [0.4, 0.5) is 0 Å². The van der Waals surface area contributed by atoms with E-state index in [1.54, 1.807) is 12.1 Å². The minimum atomic E-state index is 0.0434. The van der Waals surface area contributed by atoms with E-state index in [4.69, 9.17) is 0 Å². The van der Waals surface area contributed by atoms with Gasteiger partial charge in [-0.2, -0.15) is 0 Å². The lowest BCUT2D eigenvalue weighted by atomic mass is 10.1. The van der Waals surface area contributed by atoms with Crippen molar-refractivity contribution >= 4 is 5.91 Å². The summed E-state index contributed by atoms with van der Waals surface area (Å²) in [5.41, 5.74) is 1.23. The number of aryl methyl sites for hydroxylation is 1. The van der Waals surface area contributed by atoms with Crippen LogP contribution in [0, 0.1) is 5.92 Å². The van der Waals surface area contributed by atoms with Gasteiger partial charge in [-0.3, -0.25) is 4.79 Å². The molecule has 1 aromatic carbocycles. The third-order valence-electron chi connectivity index (χ3n) is 3.24. The Morgan fingerprint density at radius 2 is 1.80 bits per heavy atom. The molecule has 112 valence electrons. The molecule has 0 spiro atoms. The first-order valence-electron chi connectivity index (χ1n) is 7.28. The van der Waals surface area contributed by atoms with Gasteiger partial charge in [0.15, 0.2) is 0 Å². The lowest BCUT2D eigenvalue weighted by Crippen LogP contribution is -2.37. The van der Waals surface area contributed by atoms with Crippen molar-refractivity contribution in [2.75, 3.05) is 13.1 Å². The summed E-state index contributed by atoms with van der Waals surface area (Å²) in [5, 5.41) is 15.5. The highest BCUT2D eigenvalue weighted by Crippen LogP contribution is 2.11. The molecule has 0 bridgehead atoms. The maximum absolute atomic E-state index is 11.4. The number of aromatic hydroxyl groups is 1. The second-order valence-electron chi connectivity index (χ2n) is 5.51. The van der Waals surface area contributed by atoms with Gasteiger partial charge in [-0.1, -0.05) is 26.0 Å². The van der Waals surface area contributed by atoms with E-state index in [2.05, 4.69) is 17.6 Å². The fourth-order valence-corrected chi connectivity index (χ4v) is 1.86. The predicted octanol–water partition coefficient (Wildman–Crippen LogP) is 2.08. The quantitative estimate of drug-likeness (QED) is 0.638. The lowest BCUT2D eigenvalue weighted by molar-refractivity contribution is -0.123. The van der Waals surface area contributed by atoms with E-state index in [9.17, 15) is 9.90 Å². The van der Waals surface area contributed by atoms with Crippen molar-refractivity contribution in [1.29, 1.82) is 0 Å². The van der Waals surface area contributed by atoms with Gasteiger partial charge in [-0.05, 0) is 37.5 Å². The van der Waals surface area contributed by atoms with Gasteiger partial charge < -0.3 is 15.7 Å². The third kappa shape index (κ3) is 6.57. The second kappa shape index (κ2) is 8.59. The van der Waals surface area contributed by atoms with Gasteiger partial charge in [-0.15, -0.1) is 0 Å². The highest BCUT2D eigenvalue weighted by molar-refractivity contribution is 5.77. The molecule has 1 amide bonds. The number of hydrogen-bond donors (Lipinski definition) is 3. The van der Waals surface area contributed by atoms with Crippen LogP contribution in [-0.2, 0) is 11.2 Å². The summed E-state index contributed by atoms with van der Waals surface area (Å²) in [7, 11) is 0. The molecule has 0 fully saturated rings. The largest absolute Gasteiger partial charge is 0.508 e. The van der Waals surface area contributed by atoms with Crippen molar-refractivity contribution in [3.8, 4) is 5.75 Å². The number of rotatable bonds is 8. The fourth-order valence-electron chi connectivity index (χ4n) is 1.86. The number of hydrogen-bond acceptors (Lipinski definition) is 3. The van der Waals surface area contributed by atoms with Gasteiger partial charge in [0.1, 0.15) is 5.75 Å². The number of benzene rings is 1. The van der Waals surface area contributed by atoms with Gasteiger partial charge in [0, 0.05) is 25.0 Å². The number of phenols is 1. The minimum Gasteiger partial charge on any atom is -0.508 e. The Kier molecular flexibility index (Phi) is 7.09. The van der Waals surface area contributed by atoms with Gasteiger partial charge >= 0.3 is 0 Å². The van der Waals surface area contributed by atoms with E-state index in [0.29, 0.717) is 18.3 Å². The average Bonchev–Trinajstić information content (AvgIpc) is 2.42. The number of amides is 1. The van der Waals surface area contributed by atoms with Crippen LogP contribution < -0.4 is 10.6 Å². The molecule has 1 rings (SSSR count). The molecule has 0 heterocycles. The molecule has 0 aliphatic rings. The van der Waals surface area contributed by atoms with Crippen LogP contribution in [0.25, 0.3) is 0 Å². The zero-order valence-corrected chi connectivity index (χ0v) is 12.6. The average molecular weight is 278 g/mol. The van der Waals surface area contributed by atoms with Crippen LogP contribution in [0.2, 0.25) is 0 Å². The van der Waals surface area contributed by atoms with Crippen molar-refractivity contribution in [2.24, 2.45) is 5.92 Å². The van der Waals surface area contributed by atoms with E-state index in [1.165, 1.54) is 5.56 Å². The molecule has 0 saturated heterocycles. The topological polar surface area (TPSA) is 61.4 Å². The fraction of sp³-hybridized carbons (Fsp3) is 0.562. The Labute approximate surface area is 121 Å². The third-order valence-corrected chi connectivity index (χ3v) is 3.24. The highest BCUT2D eigenvalue weighted by atomic mass is 16.3. The molecule has 4 heteroatoms. The molecule has 1 aromatic rings. The summed E-state index contributed by atoms with van der Waals surface area (Å²) in [6.45, 7) is 7.38. The molecule has 0 aliphatic carbocycles. The first-order valence-corrected chi connectivity index (χ1v) is 7.28. The minimum absolute atomic E-state index is 0.0434. The van der Waals surface area contributed by atoms with E-state index >= 15 is 0 Å². The summed E-state index contributed by atoms with van der Waals surface area (Å²) < 4.78 is 0. The standard InChI is InChI=1S/C16H26N2O2/c1-12(2)16(20)18-11-10-17-13(3)4-5-14-6-8-15(19)9-7-14/h6-9,12-13,17,19H,4-5,10-11H2,1-3H3,(H,18,20). The van der Waals surface area contributed by atoms with E-state index in [0.717, 1.165) is 19.4 Å². The summed E-state index contributed by atoms with van der Waals surface area (Å²) in [5.74, 6) is 0.450. The van der Waals surface area contributed by atoms with Crippen molar-refractivity contribution in [1.82, 2.24) is 10.6 Å². The van der Waals surface area contributed by atoms with Crippen LogP contribution in [0.1, 0.15) is 32.8 Å². The summed E-state index contributed by atoms with van der Waals surface area (Å²) in [4.78, 5) is 11.4. The van der Waals surface area contributed by atoms with Crippen molar-refractivity contribution in [3.05, 3.63) is 29.8 Å². The number of carbonyl (C=O) groups is 1. The normalized spacial score (nSPS) is 12.4. The Morgan fingerprint density at radius 1 is 1.15 bits per heavy atom. The smallest absolute Gasteiger partial charge is 0.222 e. The van der Waals surface area contributed by atoms with Crippen molar-refractivity contribution < 1.29 is 9.90 Å². The van der Waals surface area contributed by atoms with Crippen LogP contribution >= 0.6 is 0 Å². The van der Waals surface area contributed by atoms with Crippen molar-refractivity contribution in [3.63, 3.8) is 0 Å². The molecule has 0 aromatic heterocycles. The summed E-state index contributed by atoms with van der Waals surface area (Å²) in [6, 6.07) is 7.74. The van der Waals surface area contributed by atoms with Gasteiger partial charge in [0.05, 0.1) is 0 Å². The maximum Gasteiger partial charge on any atom is 0.222 e. The monoisotopic (exact) mass is 278 g/mol. The maximum atomic E-state index is 11.4.